The Morgan fingerprint density at radius 2 is 0.750 bits per heavy atom. The van der Waals surface area contributed by atoms with Crippen molar-refractivity contribution in [1.29, 1.82) is 0 Å². The number of hydrogen-bond donors (Lipinski definition) is 13. The van der Waals surface area contributed by atoms with Crippen molar-refractivity contribution in [1.82, 2.24) is 46.5 Å². The SMILES string of the molecule is NCCCC[C@H](N)C(=O)N[C@@H](Cc1c[nH]c2ccccc12)C(=O)N[C@@H](Cc1c[nH]c2ccccc12)C(=O)N[C@@H](Cc1c[nH]c2ccccc12)C(=O)N[C@@H](Cc1c[nH]c2ccccc12)C(=O)N[C@@H](CS)C(=O)O. The highest BCUT2D eigenvalue weighted by Crippen LogP contribution is 2.24. The van der Waals surface area contributed by atoms with E-state index in [-0.39, 0.29) is 31.4 Å². The van der Waals surface area contributed by atoms with Crippen LogP contribution in [0, 0.1) is 0 Å². The van der Waals surface area contributed by atoms with Crippen molar-refractivity contribution in [2.45, 2.75) is 81.2 Å². The van der Waals surface area contributed by atoms with Gasteiger partial charge in [-0.1, -0.05) is 79.2 Å². The number of para-hydroxylation sites is 4. The summed E-state index contributed by atoms with van der Waals surface area (Å²) in [6, 6.07) is 22.4. The second kappa shape index (κ2) is 23.4. The maximum atomic E-state index is 15.1. The van der Waals surface area contributed by atoms with Crippen molar-refractivity contribution in [3.8, 4) is 0 Å². The summed E-state index contributed by atoms with van der Waals surface area (Å²) in [5, 5.41) is 27.1. The number of rotatable bonds is 24. The molecule has 374 valence electrons. The van der Waals surface area contributed by atoms with E-state index in [0.717, 1.165) is 49.2 Å². The Balaban J connectivity index is 1.13. The molecule has 5 amide bonds. The molecule has 4 heterocycles. The van der Waals surface area contributed by atoms with Crippen LogP contribution < -0.4 is 38.1 Å². The molecule has 0 radical (unpaired) electrons. The number of carbonyl (C=O) groups is 6. The van der Waals surface area contributed by atoms with E-state index in [2.05, 4.69) is 59.1 Å². The average molecular weight is 994 g/mol. The number of carboxylic acids is 1. The second-order valence-corrected chi connectivity index (χ2v) is 18.3. The van der Waals surface area contributed by atoms with Crippen LogP contribution in [-0.4, -0.2) is 109 Å². The third kappa shape index (κ3) is 12.0. The molecule has 0 fully saturated rings. The van der Waals surface area contributed by atoms with Gasteiger partial charge in [-0.25, -0.2) is 4.79 Å². The molecule has 8 rings (SSSR count). The zero-order valence-electron chi connectivity index (χ0n) is 39.4. The highest BCUT2D eigenvalue weighted by molar-refractivity contribution is 7.80. The van der Waals surface area contributed by atoms with Gasteiger partial charge in [0.25, 0.3) is 0 Å². The number of nitrogens with two attached hydrogens (primary N) is 2. The van der Waals surface area contributed by atoms with Crippen molar-refractivity contribution >= 4 is 91.7 Å². The molecule has 18 nitrogen and oxygen atoms in total. The third-order valence-electron chi connectivity index (χ3n) is 13.0. The van der Waals surface area contributed by atoms with Gasteiger partial charge in [0.2, 0.25) is 29.5 Å². The topological polar surface area (TPSA) is 298 Å². The minimum atomic E-state index is -1.37. The Kier molecular flexibility index (Phi) is 16.4. The molecule has 0 bridgehead atoms. The molecule has 0 saturated carbocycles. The van der Waals surface area contributed by atoms with Crippen LogP contribution in [0.2, 0.25) is 0 Å². The number of aliphatic carboxylic acids is 1. The van der Waals surface area contributed by atoms with E-state index >= 15 is 4.79 Å². The van der Waals surface area contributed by atoms with E-state index in [1.807, 2.05) is 97.1 Å². The van der Waals surface area contributed by atoms with E-state index in [0.29, 0.717) is 42.5 Å². The van der Waals surface area contributed by atoms with Gasteiger partial charge in [-0.15, -0.1) is 0 Å². The number of amides is 5. The first kappa shape index (κ1) is 50.5. The first-order valence-electron chi connectivity index (χ1n) is 23.9. The Morgan fingerprint density at radius 1 is 0.458 bits per heavy atom. The van der Waals surface area contributed by atoms with Gasteiger partial charge in [-0.3, -0.25) is 24.0 Å². The van der Waals surface area contributed by atoms with Gasteiger partial charge in [0.05, 0.1) is 6.04 Å². The minimum Gasteiger partial charge on any atom is -0.480 e. The summed E-state index contributed by atoms with van der Waals surface area (Å²) in [7, 11) is 0. The van der Waals surface area contributed by atoms with Gasteiger partial charge >= 0.3 is 5.97 Å². The largest absolute Gasteiger partial charge is 0.480 e. The van der Waals surface area contributed by atoms with Crippen molar-refractivity contribution in [2.24, 2.45) is 11.5 Å². The molecule has 0 aliphatic rings. The maximum Gasteiger partial charge on any atom is 0.327 e. The molecule has 72 heavy (non-hydrogen) atoms. The number of carboxylic acid groups (broad SMARTS) is 1. The predicted octanol–water partition coefficient (Wildman–Crippen LogP) is 3.78. The average Bonchev–Trinajstić information content (AvgIpc) is 4.20. The lowest BCUT2D eigenvalue weighted by Crippen LogP contribution is -2.60. The molecule has 0 saturated heterocycles. The minimum absolute atomic E-state index is 0.0404. The number of unbranched alkanes of at least 4 members (excludes halogenated alkanes) is 1. The van der Waals surface area contributed by atoms with Gasteiger partial charge in [0.15, 0.2) is 0 Å². The number of thiol groups is 1. The summed E-state index contributed by atoms with van der Waals surface area (Å²) in [5.74, 6) is -5.01. The molecule has 19 heteroatoms. The Hall–Kier alpha value is -7.87. The molecule has 8 aromatic rings. The number of nitrogens with one attached hydrogen (secondary N) is 9. The summed E-state index contributed by atoms with van der Waals surface area (Å²) in [6.45, 7) is 0.439. The predicted molar refractivity (Wildman–Crippen MR) is 280 cm³/mol. The first-order valence-corrected chi connectivity index (χ1v) is 24.5. The molecule has 4 aromatic heterocycles. The fourth-order valence-electron chi connectivity index (χ4n) is 9.11. The fourth-order valence-corrected chi connectivity index (χ4v) is 9.36. The molecule has 0 unspecified atom stereocenters. The Bertz CT molecular complexity index is 3210. The number of carbonyl (C=O) groups excluding carboxylic acids is 5. The molecule has 0 spiro atoms. The first-order chi connectivity index (χ1) is 34.9. The molecule has 0 aliphatic carbocycles. The summed E-state index contributed by atoms with van der Waals surface area (Å²) in [4.78, 5) is 97.6. The van der Waals surface area contributed by atoms with Crippen LogP contribution in [0.15, 0.2) is 122 Å². The van der Waals surface area contributed by atoms with Gasteiger partial charge in [0, 0.05) is 99.8 Å². The van der Waals surface area contributed by atoms with Crippen LogP contribution >= 0.6 is 12.6 Å². The summed E-state index contributed by atoms with van der Waals surface area (Å²) in [5.41, 5.74) is 18.0. The summed E-state index contributed by atoms with van der Waals surface area (Å²) in [6.07, 6.45) is 8.49. The second-order valence-electron chi connectivity index (χ2n) is 18.0. The zero-order chi connectivity index (χ0) is 50.7. The van der Waals surface area contributed by atoms with Gasteiger partial charge in [0.1, 0.15) is 30.2 Å². The van der Waals surface area contributed by atoms with Crippen molar-refractivity contribution in [2.75, 3.05) is 12.3 Å². The quantitative estimate of drug-likeness (QED) is 0.0309. The monoisotopic (exact) mass is 993 g/mol. The summed E-state index contributed by atoms with van der Waals surface area (Å²) < 4.78 is 0. The highest BCUT2D eigenvalue weighted by atomic mass is 32.1. The summed E-state index contributed by atoms with van der Waals surface area (Å²) >= 11 is 4.14. The van der Waals surface area contributed by atoms with Gasteiger partial charge in [-0.05, 0) is 65.9 Å². The molecule has 14 N–H and O–H groups in total. The molecular weight excluding hydrogens is 935 g/mol. The van der Waals surface area contributed by atoms with Crippen LogP contribution in [0.5, 0.6) is 0 Å². The van der Waals surface area contributed by atoms with Crippen LogP contribution in [0.1, 0.15) is 41.5 Å². The smallest absolute Gasteiger partial charge is 0.327 e. The number of hydrogen-bond acceptors (Lipinski definition) is 9. The third-order valence-corrected chi connectivity index (χ3v) is 13.4. The lowest BCUT2D eigenvalue weighted by atomic mass is 9.99. The van der Waals surface area contributed by atoms with Crippen LogP contribution in [0.3, 0.4) is 0 Å². The van der Waals surface area contributed by atoms with E-state index in [1.165, 1.54) is 0 Å². The number of H-pyrrole nitrogens is 4. The Labute approximate surface area is 419 Å². The van der Waals surface area contributed by atoms with Crippen molar-refractivity contribution < 1.29 is 33.9 Å². The lowest BCUT2D eigenvalue weighted by Gasteiger charge is -2.27. The van der Waals surface area contributed by atoms with Crippen molar-refractivity contribution in [3.05, 3.63) is 144 Å². The molecule has 0 aliphatic heterocycles. The number of benzene rings is 4. The maximum absolute atomic E-state index is 15.1. The van der Waals surface area contributed by atoms with Crippen molar-refractivity contribution in [3.63, 3.8) is 0 Å². The Morgan fingerprint density at radius 3 is 1.04 bits per heavy atom. The highest BCUT2D eigenvalue weighted by Gasteiger charge is 2.34. The lowest BCUT2D eigenvalue weighted by molar-refractivity contribution is -0.141. The molecule has 6 atom stereocenters. The normalized spacial score (nSPS) is 14.0. The fraction of sp³-hybridized carbons (Fsp3) is 0.283. The van der Waals surface area contributed by atoms with E-state index in [1.54, 1.807) is 24.8 Å². The van der Waals surface area contributed by atoms with E-state index < -0.39 is 71.8 Å². The molecule has 4 aromatic carbocycles. The van der Waals surface area contributed by atoms with Gasteiger partial charge in [-0.2, -0.15) is 12.6 Å². The number of fused-ring (bicyclic) bond motifs is 4. The van der Waals surface area contributed by atoms with Gasteiger partial charge < -0.3 is 63.1 Å². The zero-order valence-corrected chi connectivity index (χ0v) is 40.3. The molecular formula is C53H59N11O7S. The number of aromatic amines is 4. The van der Waals surface area contributed by atoms with Crippen LogP contribution in [0.4, 0.5) is 0 Å². The number of aromatic nitrogens is 4. The van der Waals surface area contributed by atoms with Crippen LogP contribution in [0.25, 0.3) is 43.6 Å². The van der Waals surface area contributed by atoms with Crippen LogP contribution in [-0.2, 0) is 54.5 Å². The standard InChI is InChI=1S/C53H59N11O7S/c54-20-10-9-15-38(55)48(65)60-43(21-30-25-56-39-16-5-1-11-34(30)39)49(66)61-44(22-31-26-57-40-17-6-2-12-35(31)40)50(67)62-45(23-32-27-58-41-18-7-3-13-36(32)41)51(68)63-46(52(69)64-47(29-72)53(70)71)24-33-28-59-42-19-8-4-14-37(33)42/h1-8,11-14,16-19,25-28,38,43-47,56-59,72H,9-10,15,20-24,29,54-55H2,(H,60,65)(H,61,66)(H,62,67)(H,63,68)(H,64,69)(H,70,71)/t38-,43-,44-,45-,46-,47-/m0/s1. The van der Waals surface area contributed by atoms with E-state index in [4.69, 9.17) is 11.5 Å². The van der Waals surface area contributed by atoms with E-state index in [9.17, 15) is 29.1 Å².